The van der Waals surface area contributed by atoms with E-state index in [-0.39, 0.29) is 23.3 Å². The standard InChI is InChI=1S/C13H8ClNO6S/c14-8-3-7(4-9-12(8)21-6-20-9)5-19-13(16)10-1-2-11(22-10)15(17)18/h1-4H,5-6H2. The Morgan fingerprint density at radius 1 is 1.41 bits per heavy atom. The van der Waals surface area contributed by atoms with E-state index in [1.54, 1.807) is 12.1 Å². The van der Waals surface area contributed by atoms with E-state index in [1.165, 1.54) is 12.1 Å². The van der Waals surface area contributed by atoms with E-state index < -0.39 is 10.9 Å². The molecule has 0 amide bonds. The molecule has 0 fully saturated rings. The zero-order chi connectivity index (χ0) is 15.7. The van der Waals surface area contributed by atoms with Crippen molar-refractivity contribution in [3.63, 3.8) is 0 Å². The Hall–Kier alpha value is -2.32. The van der Waals surface area contributed by atoms with Crippen molar-refractivity contribution < 1.29 is 23.9 Å². The van der Waals surface area contributed by atoms with Crippen LogP contribution in [0.25, 0.3) is 0 Å². The summed E-state index contributed by atoms with van der Waals surface area (Å²) >= 11 is 6.79. The normalized spacial score (nSPS) is 12.2. The van der Waals surface area contributed by atoms with Crippen molar-refractivity contribution in [3.05, 3.63) is 49.8 Å². The topological polar surface area (TPSA) is 87.9 Å². The van der Waals surface area contributed by atoms with Crippen LogP contribution >= 0.6 is 22.9 Å². The fourth-order valence-electron chi connectivity index (χ4n) is 1.86. The number of fused-ring (bicyclic) bond motifs is 1. The lowest BCUT2D eigenvalue weighted by atomic mass is 10.2. The molecule has 3 rings (SSSR count). The number of thiophene rings is 1. The Bertz CT molecular complexity index is 759. The number of halogens is 1. The SMILES string of the molecule is O=C(OCc1cc(Cl)c2c(c1)OCO2)c1ccc([N+](=O)[O-])s1. The average molecular weight is 342 g/mol. The third kappa shape index (κ3) is 2.83. The van der Waals surface area contributed by atoms with Gasteiger partial charge >= 0.3 is 11.0 Å². The van der Waals surface area contributed by atoms with Gasteiger partial charge in [-0.3, -0.25) is 10.1 Å². The van der Waals surface area contributed by atoms with Gasteiger partial charge in [0.1, 0.15) is 11.5 Å². The lowest BCUT2D eigenvalue weighted by Gasteiger charge is -2.06. The van der Waals surface area contributed by atoms with Gasteiger partial charge in [-0.2, -0.15) is 0 Å². The summed E-state index contributed by atoms with van der Waals surface area (Å²) in [6.45, 7) is 0.0675. The van der Waals surface area contributed by atoms with Crippen LogP contribution in [0, 0.1) is 10.1 Å². The minimum absolute atomic E-state index is 0.0269. The smallest absolute Gasteiger partial charge is 0.348 e. The average Bonchev–Trinajstić information content (AvgIpc) is 3.13. The van der Waals surface area contributed by atoms with Gasteiger partial charge in [-0.15, -0.1) is 0 Å². The minimum Gasteiger partial charge on any atom is -0.457 e. The zero-order valence-corrected chi connectivity index (χ0v) is 12.5. The molecule has 0 N–H and O–H groups in total. The number of benzene rings is 1. The molecule has 1 aliphatic heterocycles. The second-order valence-corrected chi connectivity index (χ2v) is 5.75. The Morgan fingerprint density at radius 3 is 2.95 bits per heavy atom. The van der Waals surface area contributed by atoms with Gasteiger partial charge in [0.2, 0.25) is 6.79 Å². The van der Waals surface area contributed by atoms with E-state index >= 15 is 0 Å². The quantitative estimate of drug-likeness (QED) is 0.481. The first-order valence-corrected chi connectivity index (χ1v) is 7.23. The summed E-state index contributed by atoms with van der Waals surface area (Å²) in [7, 11) is 0. The highest BCUT2D eigenvalue weighted by Gasteiger charge is 2.20. The lowest BCUT2D eigenvalue weighted by Crippen LogP contribution is -2.03. The highest BCUT2D eigenvalue weighted by molar-refractivity contribution is 7.17. The summed E-state index contributed by atoms with van der Waals surface area (Å²) in [6.07, 6.45) is 0. The van der Waals surface area contributed by atoms with Gasteiger partial charge in [-0.05, 0) is 23.8 Å². The van der Waals surface area contributed by atoms with Crippen LogP contribution in [0.5, 0.6) is 11.5 Å². The van der Waals surface area contributed by atoms with Gasteiger partial charge in [0.05, 0.1) is 9.95 Å². The number of nitrogens with zero attached hydrogens (tertiary/aromatic N) is 1. The predicted molar refractivity (Wildman–Crippen MR) is 77.7 cm³/mol. The van der Waals surface area contributed by atoms with Crippen LogP contribution in [-0.4, -0.2) is 17.7 Å². The monoisotopic (exact) mass is 341 g/mol. The molecule has 0 spiro atoms. The van der Waals surface area contributed by atoms with Crippen LogP contribution in [0.1, 0.15) is 15.2 Å². The molecule has 0 unspecified atom stereocenters. The van der Waals surface area contributed by atoms with Crippen molar-refractivity contribution in [3.8, 4) is 11.5 Å². The van der Waals surface area contributed by atoms with Gasteiger partial charge in [-0.25, -0.2) is 4.79 Å². The first-order chi connectivity index (χ1) is 10.5. The highest BCUT2D eigenvalue weighted by atomic mass is 35.5. The molecular formula is C13H8ClNO6S. The molecule has 0 atom stereocenters. The largest absolute Gasteiger partial charge is 0.457 e. The summed E-state index contributed by atoms with van der Waals surface area (Å²) in [5.41, 5.74) is 0.633. The molecule has 7 nitrogen and oxygen atoms in total. The third-order valence-electron chi connectivity index (χ3n) is 2.83. The maximum atomic E-state index is 11.8. The molecule has 22 heavy (non-hydrogen) atoms. The van der Waals surface area contributed by atoms with Crippen molar-refractivity contribution in [1.82, 2.24) is 0 Å². The third-order valence-corrected chi connectivity index (χ3v) is 4.13. The Kier molecular flexibility index (Phi) is 3.86. The molecule has 0 aliphatic carbocycles. The fourth-order valence-corrected chi connectivity index (χ4v) is 2.86. The first-order valence-electron chi connectivity index (χ1n) is 6.04. The number of nitro groups is 1. The second kappa shape index (κ2) is 5.82. The van der Waals surface area contributed by atoms with Crippen molar-refractivity contribution in [2.75, 3.05) is 6.79 Å². The van der Waals surface area contributed by atoms with Crippen LogP contribution in [0.2, 0.25) is 5.02 Å². The number of carbonyl (C=O) groups is 1. The summed E-state index contributed by atoms with van der Waals surface area (Å²) in [5, 5.41) is 10.8. The Morgan fingerprint density at radius 2 is 2.23 bits per heavy atom. The van der Waals surface area contributed by atoms with Gasteiger partial charge in [0.15, 0.2) is 11.5 Å². The number of hydrogen-bond acceptors (Lipinski definition) is 7. The molecule has 0 saturated heterocycles. The number of carbonyl (C=O) groups excluding carboxylic acids is 1. The molecule has 9 heteroatoms. The maximum Gasteiger partial charge on any atom is 0.348 e. The summed E-state index contributed by atoms with van der Waals surface area (Å²) < 4.78 is 15.5. The van der Waals surface area contributed by atoms with Crippen molar-refractivity contribution in [2.45, 2.75) is 6.61 Å². The van der Waals surface area contributed by atoms with E-state index in [2.05, 4.69) is 0 Å². The number of esters is 1. The molecule has 2 aromatic rings. The van der Waals surface area contributed by atoms with Crippen molar-refractivity contribution >= 4 is 33.9 Å². The molecule has 0 saturated carbocycles. The van der Waals surface area contributed by atoms with Crippen LogP contribution in [0.3, 0.4) is 0 Å². The van der Waals surface area contributed by atoms with Crippen LogP contribution in [0.15, 0.2) is 24.3 Å². The van der Waals surface area contributed by atoms with Crippen molar-refractivity contribution in [2.24, 2.45) is 0 Å². The molecule has 1 aromatic carbocycles. The molecule has 0 bridgehead atoms. The van der Waals surface area contributed by atoms with E-state index in [4.69, 9.17) is 25.8 Å². The minimum atomic E-state index is -0.633. The summed E-state index contributed by atoms with van der Waals surface area (Å²) in [6, 6.07) is 5.90. The maximum absolute atomic E-state index is 11.8. The Balaban J connectivity index is 1.68. The summed E-state index contributed by atoms with van der Waals surface area (Å²) in [5.74, 6) is 0.322. The van der Waals surface area contributed by atoms with Gasteiger partial charge < -0.3 is 14.2 Å². The van der Waals surface area contributed by atoms with E-state index in [9.17, 15) is 14.9 Å². The fraction of sp³-hybridized carbons (Fsp3) is 0.154. The van der Waals surface area contributed by atoms with Gasteiger partial charge in [0, 0.05) is 6.07 Å². The van der Waals surface area contributed by atoms with E-state index in [0.29, 0.717) is 22.1 Å². The van der Waals surface area contributed by atoms with Crippen LogP contribution in [0.4, 0.5) is 5.00 Å². The highest BCUT2D eigenvalue weighted by Crippen LogP contribution is 2.40. The van der Waals surface area contributed by atoms with Crippen molar-refractivity contribution in [1.29, 1.82) is 0 Å². The second-order valence-electron chi connectivity index (χ2n) is 4.28. The predicted octanol–water partition coefficient (Wildman–Crippen LogP) is 3.40. The number of rotatable bonds is 4. The van der Waals surface area contributed by atoms with Gasteiger partial charge in [-0.1, -0.05) is 22.9 Å². The Labute approximate surface area is 133 Å². The zero-order valence-electron chi connectivity index (χ0n) is 10.9. The van der Waals surface area contributed by atoms with Crippen LogP contribution in [-0.2, 0) is 11.3 Å². The molecule has 1 aliphatic rings. The number of ether oxygens (including phenoxy) is 3. The van der Waals surface area contributed by atoms with Crippen LogP contribution < -0.4 is 9.47 Å². The molecule has 2 heterocycles. The molecular weight excluding hydrogens is 334 g/mol. The molecule has 1 aromatic heterocycles. The first kappa shape index (κ1) is 14.6. The molecule has 0 radical (unpaired) electrons. The van der Waals surface area contributed by atoms with Gasteiger partial charge in [0.25, 0.3) is 0 Å². The number of hydrogen-bond donors (Lipinski definition) is 0. The van der Waals surface area contributed by atoms with E-state index in [1.807, 2.05) is 0 Å². The van der Waals surface area contributed by atoms with E-state index in [0.717, 1.165) is 11.3 Å². The molecule has 114 valence electrons. The lowest BCUT2D eigenvalue weighted by molar-refractivity contribution is -0.380. The summed E-state index contributed by atoms with van der Waals surface area (Å²) in [4.78, 5) is 22.0.